The summed E-state index contributed by atoms with van der Waals surface area (Å²) in [4.78, 5) is 20.5. The summed E-state index contributed by atoms with van der Waals surface area (Å²) < 4.78 is 37.4. The molecule has 2 rings (SSSR count). The van der Waals surface area contributed by atoms with Crippen LogP contribution in [-0.4, -0.2) is 15.0 Å². The summed E-state index contributed by atoms with van der Waals surface area (Å²) >= 11 is 0. The lowest BCUT2D eigenvalue weighted by molar-refractivity contribution is -0.141. The topological polar surface area (TPSA) is 70.7 Å². The van der Waals surface area contributed by atoms with Crippen LogP contribution in [0.2, 0.25) is 0 Å². The molecule has 5 nitrogen and oxygen atoms in total. The number of hydrogen-bond acceptors (Lipinski definition) is 4. The fourth-order valence-corrected chi connectivity index (χ4v) is 1.38. The molecule has 0 amide bonds. The number of halogens is 3. The first kappa shape index (κ1) is 13.1. The van der Waals surface area contributed by atoms with Gasteiger partial charge in [0.05, 0.1) is 0 Å². The number of rotatable bonds is 3. The van der Waals surface area contributed by atoms with Crippen molar-refractivity contribution in [3.8, 4) is 0 Å². The highest BCUT2D eigenvalue weighted by Gasteiger charge is 2.33. The SMILES string of the molecule is O=c1cc(C(F)(F)F)nc(NCc2cccnc2)[nH]1. The van der Waals surface area contributed by atoms with Crippen molar-refractivity contribution in [3.05, 3.63) is 52.2 Å². The number of H-pyrrole nitrogens is 1. The van der Waals surface area contributed by atoms with E-state index in [1.54, 1.807) is 24.5 Å². The Balaban J connectivity index is 2.17. The van der Waals surface area contributed by atoms with Crippen molar-refractivity contribution in [2.45, 2.75) is 12.7 Å². The van der Waals surface area contributed by atoms with E-state index in [9.17, 15) is 18.0 Å². The fourth-order valence-electron chi connectivity index (χ4n) is 1.38. The fraction of sp³-hybridized carbons (Fsp3) is 0.182. The van der Waals surface area contributed by atoms with Crippen molar-refractivity contribution >= 4 is 5.95 Å². The van der Waals surface area contributed by atoms with Gasteiger partial charge in [0.25, 0.3) is 5.56 Å². The van der Waals surface area contributed by atoms with Crippen LogP contribution in [0.4, 0.5) is 19.1 Å². The minimum atomic E-state index is -4.65. The van der Waals surface area contributed by atoms with E-state index < -0.39 is 17.4 Å². The van der Waals surface area contributed by atoms with Crippen molar-refractivity contribution < 1.29 is 13.2 Å². The van der Waals surface area contributed by atoms with E-state index in [4.69, 9.17) is 0 Å². The number of pyridine rings is 1. The van der Waals surface area contributed by atoms with Crippen LogP contribution >= 0.6 is 0 Å². The number of aromatic nitrogens is 3. The average molecular weight is 270 g/mol. The molecular formula is C11H9F3N4O. The Labute approximate surface area is 105 Å². The number of alkyl halides is 3. The molecule has 2 N–H and O–H groups in total. The Morgan fingerprint density at radius 1 is 1.37 bits per heavy atom. The zero-order valence-corrected chi connectivity index (χ0v) is 9.53. The molecule has 0 saturated carbocycles. The van der Waals surface area contributed by atoms with E-state index >= 15 is 0 Å². The van der Waals surface area contributed by atoms with Crippen LogP contribution in [0.5, 0.6) is 0 Å². The lowest BCUT2D eigenvalue weighted by Crippen LogP contribution is -2.18. The van der Waals surface area contributed by atoms with Gasteiger partial charge in [0.1, 0.15) is 0 Å². The zero-order valence-electron chi connectivity index (χ0n) is 9.53. The third kappa shape index (κ3) is 3.54. The molecule has 0 aliphatic rings. The smallest absolute Gasteiger partial charge is 0.352 e. The molecule has 19 heavy (non-hydrogen) atoms. The van der Waals surface area contributed by atoms with Gasteiger partial charge in [0.2, 0.25) is 5.95 Å². The van der Waals surface area contributed by atoms with Crippen molar-refractivity contribution in [1.29, 1.82) is 0 Å². The normalized spacial score (nSPS) is 11.3. The van der Waals surface area contributed by atoms with Gasteiger partial charge in [-0.15, -0.1) is 0 Å². The van der Waals surface area contributed by atoms with Gasteiger partial charge in [0, 0.05) is 25.0 Å². The van der Waals surface area contributed by atoms with Gasteiger partial charge in [-0.05, 0) is 11.6 Å². The molecular weight excluding hydrogens is 261 g/mol. The number of hydrogen-bond donors (Lipinski definition) is 2. The zero-order chi connectivity index (χ0) is 13.9. The Morgan fingerprint density at radius 2 is 2.16 bits per heavy atom. The molecule has 0 bridgehead atoms. The molecule has 0 aliphatic carbocycles. The second-order valence-corrected chi connectivity index (χ2v) is 3.69. The van der Waals surface area contributed by atoms with Gasteiger partial charge < -0.3 is 5.32 Å². The van der Waals surface area contributed by atoms with E-state index in [2.05, 4.69) is 20.3 Å². The average Bonchev–Trinajstić information content (AvgIpc) is 2.36. The van der Waals surface area contributed by atoms with Gasteiger partial charge >= 0.3 is 6.18 Å². The molecule has 0 fully saturated rings. The lowest BCUT2D eigenvalue weighted by Gasteiger charge is -2.08. The van der Waals surface area contributed by atoms with Crippen molar-refractivity contribution in [3.63, 3.8) is 0 Å². The largest absolute Gasteiger partial charge is 0.433 e. The Kier molecular flexibility index (Phi) is 3.50. The minimum Gasteiger partial charge on any atom is -0.352 e. The molecule has 0 aromatic carbocycles. The van der Waals surface area contributed by atoms with E-state index in [0.29, 0.717) is 6.07 Å². The number of anilines is 1. The monoisotopic (exact) mass is 270 g/mol. The van der Waals surface area contributed by atoms with Gasteiger partial charge in [-0.3, -0.25) is 14.8 Å². The van der Waals surface area contributed by atoms with Crippen molar-refractivity contribution in [2.24, 2.45) is 0 Å². The first-order valence-corrected chi connectivity index (χ1v) is 5.26. The Hall–Kier alpha value is -2.38. The van der Waals surface area contributed by atoms with Crippen LogP contribution in [0.1, 0.15) is 11.3 Å². The molecule has 0 spiro atoms. The summed E-state index contributed by atoms with van der Waals surface area (Å²) in [5.74, 6) is -0.233. The van der Waals surface area contributed by atoms with Crippen LogP contribution < -0.4 is 10.9 Å². The predicted molar refractivity (Wildman–Crippen MR) is 61.4 cm³/mol. The molecule has 0 radical (unpaired) electrons. The van der Waals surface area contributed by atoms with Gasteiger partial charge in [-0.25, -0.2) is 4.98 Å². The van der Waals surface area contributed by atoms with Crippen LogP contribution in [0.15, 0.2) is 35.4 Å². The maximum atomic E-state index is 12.5. The quantitative estimate of drug-likeness (QED) is 0.892. The predicted octanol–water partition coefficient (Wildman–Crippen LogP) is 1.80. The molecule has 8 heteroatoms. The summed E-state index contributed by atoms with van der Waals surface area (Å²) in [7, 11) is 0. The summed E-state index contributed by atoms with van der Waals surface area (Å²) in [5.41, 5.74) is -1.34. The Bertz CT molecular complexity index is 609. The maximum absolute atomic E-state index is 12.5. The third-order valence-electron chi connectivity index (χ3n) is 2.21. The highest BCUT2D eigenvalue weighted by atomic mass is 19.4. The molecule has 2 aromatic heterocycles. The maximum Gasteiger partial charge on any atom is 0.433 e. The summed E-state index contributed by atoms with van der Waals surface area (Å²) in [6, 6.07) is 3.85. The molecule has 0 aliphatic heterocycles. The third-order valence-corrected chi connectivity index (χ3v) is 2.21. The van der Waals surface area contributed by atoms with Crippen LogP contribution in [-0.2, 0) is 12.7 Å². The van der Waals surface area contributed by atoms with Gasteiger partial charge in [0.15, 0.2) is 5.69 Å². The standard InChI is InChI=1S/C11H9F3N4O/c12-11(13,14)8-4-9(19)18-10(17-8)16-6-7-2-1-3-15-5-7/h1-5H,6H2,(H2,16,17,18,19). The van der Waals surface area contributed by atoms with E-state index in [1.165, 1.54) is 0 Å². The summed E-state index contributed by atoms with van der Waals surface area (Å²) in [6.45, 7) is 0.206. The second kappa shape index (κ2) is 5.09. The molecule has 2 aromatic rings. The second-order valence-electron chi connectivity index (χ2n) is 3.69. The number of nitrogens with zero attached hydrogens (tertiary/aromatic N) is 2. The molecule has 0 unspecified atom stereocenters. The van der Waals surface area contributed by atoms with E-state index in [-0.39, 0.29) is 12.5 Å². The first-order chi connectivity index (χ1) is 8.95. The number of nitrogens with one attached hydrogen (secondary N) is 2. The van der Waals surface area contributed by atoms with Crippen molar-refractivity contribution in [1.82, 2.24) is 15.0 Å². The summed E-state index contributed by atoms with van der Waals surface area (Å²) in [5, 5.41) is 2.61. The van der Waals surface area contributed by atoms with Crippen LogP contribution in [0.25, 0.3) is 0 Å². The Morgan fingerprint density at radius 3 is 2.79 bits per heavy atom. The van der Waals surface area contributed by atoms with E-state index in [1.807, 2.05) is 0 Å². The van der Waals surface area contributed by atoms with Crippen LogP contribution in [0.3, 0.4) is 0 Å². The number of aromatic amines is 1. The molecule has 100 valence electrons. The highest BCUT2D eigenvalue weighted by Crippen LogP contribution is 2.26. The first-order valence-electron chi connectivity index (χ1n) is 5.26. The van der Waals surface area contributed by atoms with Crippen molar-refractivity contribution in [2.75, 3.05) is 5.32 Å². The summed E-state index contributed by atoms with van der Waals surface area (Å²) in [6.07, 6.45) is -1.52. The molecule has 2 heterocycles. The highest BCUT2D eigenvalue weighted by molar-refractivity contribution is 5.28. The minimum absolute atomic E-state index is 0.206. The van der Waals surface area contributed by atoms with Gasteiger partial charge in [-0.2, -0.15) is 13.2 Å². The molecule has 0 saturated heterocycles. The lowest BCUT2D eigenvalue weighted by atomic mass is 10.3. The van der Waals surface area contributed by atoms with E-state index in [0.717, 1.165) is 5.56 Å². The molecule has 0 atom stereocenters. The van der Waals surface area contributed by atoms with Crippen LogP contribution in [0, 0.1) is 0 Å². The van der Waals surface area contributed by atoms with Gasteiger partial charge in [-0.1, -0.05) is 6.07 Å².